The van der Waals surface area contributed by atoms with Gasteiger partial charge < -0.3 is 4.90 Å². The van der Waals surface area contributed by atoms with Crippen LogP contribution >= 0.6 is 0 Å². The molecule has 2 nitrogen and oxygen atoms in total. The van der Waals surface area contributed by atoms with Crippen LogP contribution in [0.1, 0.15) is 44.1 Å². The Balaban J connectivity index is 1.70. The molecule has 21 heavy (non-hydrogen) atoms. The third-order valence-corrected chi connectivity index (χ3v) is 5.18. The van der Waals surface area contributed by atoms with Crippen molar-refractivity contribution in [2.45, 2.75) is 38.5 Å². The minimum Gasteiger partial charge on any atom is -0.344 e. The van der Waals surface area contributed by atoms with Crippen LogP contribution in [0.3, 0.4) is 0 Å². The van der Waals surface area contributed by atoms with E-state index in [1.807, 2.05) is 6.08 Å². The molecule has 1 aromatic rings. The Bertz CT molecular complexity index is 655. The van der Waals surface area contributed by atoms with Crippen LogP contribution < -0.4 is 4.90 Å². The molecule has 3 aliphatic rings. The molecule has 2 aliphatic carbocycles. The molecular formula is C19H21NO. The molecule has 2 unspecified atom stereocenters. The normalized spacial score (nSPS) is 27.9. The lowest BCUT2D eigenvalue weighted by molar-refractivity contribution is -0.115. The molecule has 1 aromatic carbocycles. The van der Waals surface area contributed by atoms with Gasteiger partial charge in [0.05, 0.1) is 0 Å². The van der Waals surface area contributed by atoms with Crippen LogP contribution in [0, 0.1) is 5.92 Å². The number of ketones is 1. The molecule has 1 heterocycles. The largest absolute Gasteiger partial charge is 0.344 e. The highest BCUT2D eigenvalue weighted by atomic mass is 16.1. The number of rotatable bonds is 1. The quantitative estimate of drug-likeness (QED) is 0.768. The number of fused-ring (bicyclic) bond motifs is 2. The summed E-state index contributed by atoms with van der Waals surface area (Å²) in [6.45, 7) is 3.37. The number of para-hydroxylation sites is 1. The van der Waals surface area contributed by atoms with E-state index in [4.69, 9.17) is 0 Å². The van der Waals surface area contributed by atoms with E-state index in [1.165, 1.54) is 28.9 Å². The van der Waals surface area contributed by atoms with Crippen molar-refractivity contribution in [2.24, 2.45) is 5.92 Å². The molecular weight excluding hydrogens is 258 g/mol. The second-order valence-corrected chi connectivity index (χ2v) is 6.59. The number of allylic oxidation sites excluding steroid dienone is 4. The molecule has 1 aliphatic heterocycles. The highest BCUT2D eigenvalue weighted by Crippen LogP contribution is 2.42. The van der Waals surface area contributed by atoms with Crippen molar-refractivity contribution in [3.05, 3.63) is 53.3 Å². The molecule has 0 fully saturated rings. The SMILES string of the molecule is CC1CN(C2=CC3=CC(=O)CCC3CC2)c2ccccc21. The van der Waals surface area contributed by atoms with Crippen LogP contribution in [0.4, 0.5) is 5.69 Å². The number of nitrogens with zero attached hydrogens (tertiary/aromatic N) is 1. The predicted octanol–water partition coefficient (Wildman–Crippen LogP) is 4.19. The Morgan fingerprint density at radius 1 is 1.10 bits per heavy atom. The maximum atomic E-state index is 11.7. The first-order valence-corrected chi connectivity index (χ1v) is 8.04. The lowest BCUT2D eigenvalue weighted by atomic mass is 9.79. The van der Waals surface area contributed by atoms with Gasteiger partial charge >= 0.3 is 0 Å². The number of carbonyl (C=O) groups is 1. The van der Waals surface area contributed by atoms with Crippen molar-refractivity contribution in [3.63, 3.8) is 0 Å². The summed E-state index contributed by atoms with van der Waals surface area (Å²) in [5, 5.41) is 0. The third kappa shape index (κ3) is 2.14. The Morgan fingerprint density at radius 2 is 1.90 bits per heavy atom. The van der Waals surface area contributed by atoms with Crippen molar-refractivity contribution >= 4 is 11.5 Å². The zero-order valence-corrected chi connectivity index (χ0v) is 12.5. The highest BCUT2D eigenvalue weighted by molar-refractivity contribution is 5.92. The van der Waals surface area contributed by atoms with Gasteiger partial charge in [-0.1, -0.05) is 25.1 Å². The molecule has 2 heteroatoms. The average molecular weight is 279 g/mol. The van der Waals surface area contributed by atoms with Crippen molar-refractivity contribution in [1.29, 1.82) is 0 Å². The van der Waals surface area contributed by atoms with Gasteiger partial charge in [-0.15, -0.1) is 0 Å². The van der Waals surface area contributed by atoms with Crippen molar-refractivity contribution < 1.29 is 4.79 Å². The summed E-state index contributed by atoms with van der Waals surface area (Å²) >= 11 is 0. The standard InChI is InChI=1S/C19H21NO/c1-13-12-20(19-5-3-2-4-18(13)19)16-8-6-14-7-9-17(21)11-15(14)10-16/h2-5,10-11,13-14H,6-9,12H2,1H3. The Labute approximate surface area is 126 Å². The summed E-state index contributed by atoms with van der Waals surface area (Å²) in [5.41, 5.74) is 5.47. The Morgan fingerprint density at radius 3 is 2.81 bits per heavy atom. The highest BCUT2D eigenvalue weighted by Gasteiger charge is 2.31. The summed E-state index contributed by atoms with van der Waals surface area (Å²) in [6, 6.07) is 8.73. The van der Waals surface area contributed by atoms with E-state index < -0.39 is 0 Å². The van der Waals surface area contributed by atoms with Gasteiger partial charge in [-0.25, -0.2) is 0 Å². The van der Waals surface area contributed by atoms with E-state index in [9.17, 15) is 4.79 Å². The molecule has 0 amide bonds. The van der Waals surface area contributed by atoms with Crippen LogP contribution in [-0.4, -0.2) is 12.3 Å². The van der Waals surface area contributed by atoms with E-state index >= 15 is 0 Å². The zero-order valence-electron chi connectivity index (χ0n) is 12.5. The first kappa shape index (κ1) is 12.9. The van der Waals surface area contributed by atoms with Gasteiger partial charge in [0.2, 0.25) is 0 Å². The van der Waals surface area contributed by atoms with Crippen molar-refractivity contribution in [2.75, 3.05) is 11.4 Å². The first-order valence-electron chi connectivity index (χ1n) is 8.04. The molecule has 0 bridgehead atoms. The fraction of sp³-hybridized carbons (Fsp3) is 0.421. The van der Waals surface area contributed by atoms with Crippen molar-refractivity contribution in [3.8, 4) is 0 Å². The second-order valence-electron chi connectivity index (χ2n) is 6.59. The molecule has 0 spiro atoms. The maximum Gasteiger partial charge on any atom is 0.155 e. The summed E-state index contributed by atoms with van der Waals surface area (Å²) < 4.78 is 0. The fourth-order valence-corrected chi connectivity index (χ4v) is 4.02. The van der Waals surface area contributed by atoms with Gasteiger partial charge in [-0.3, -0.25) is 4.79 Å². The smallest absolute Gasteiger partial charge is 0.155 e. The molecule has 108 valence electrons. The van der Waals surface area contributed by atoms with Gasteiger partial charge in [0.15, 0.2) is 5.78 Å². The molecule has 0 saturated carbocycles. The summed E-state index contributed by atoms with van der Waals surface area (Å²) in [6.07, 6.45) is 8.29. The lowest BCUT2D eigenvalue weighted by Gasteiger charge is -2.32. The van der Waals surface area contributed by atoms with E-state index in [1.54, 1.807) is 0 Å². The van der Waals surface area contributed by atoms with Crippen LogP contribution in [0.25, 0.3) is 0 Å². The number of anilines is 1. The molecule has 4 rings (SSSR count). The van der Waals surface area contributed by atoms with Gasteiger partial charge in [0.1, 0.15) is 0 Å². The minimum atomic E-state index is 0.300. The van der Waals surface area contributed by atoms with Gasteiger partial charge in [0.25, 0.3) is 0 Å². The van der Waals surface area contributed by atoms with Crippen LogP contribution in [0.2, 0.25) is 0 Å². The summed E-state index contributed by atoms with van der Waals surface area (Å²) in [5.74, 6) is 1.50. The zero-order chi connectivity index (χ0) is 14.4. The minimum absolute atomic E-state index is 0.300. The van der Waals surface area contributed by atoms with E-state index in [-0.39, 0.29) is 0 Å². The molecule has 2 atom stereocenters. The van der Waals surface area contributed by atoms with Crippen LogP contribution in [-0.2, 0) is 4.79 Å². The van der Waals surface area contributed by atoms with Gasteiger partial charge in [0, 0.05) is 30.3 Å². The Kier molecular flexibility index (Phi) is 2.99. The van der Waals surface area contributed by atoms with Crippen molar-refractivity contribution in [1.82, 2.24) is 0 Å². The van der Waals surface area contributed by atoms with Crippen LogP contribution in [0.5, 0.6) is 0 Å². The molecule has 0 aromatic heterocycles. The average Bonchev–Trinajstić information content (AvgIpc) is 2.84. The fourth-order valence-electron chi connectivity index (χ4n) is 4.02. The Hall–Kier alpha value is -1.83. The first-order chi connectivity index (χ1) is 10.2. The van der Waals surface area contributed by atoms with E-state index in [2.05, 4.69) is 42.2 Å². The predicted molar refractivity (Wildman–Crippen MR) is 85.3 cm³/mol. The molecule has 0 N–H and O–H groups in total. The van der Waals surface area contributed by atoms with Gasteiger partial charge in [-0.05, 0) is 54.5 Å². The summed E-state index contributed by atoms with van der Waals surface area (Å²) in [4.78, 5) is 14.1. The van der Waals surface area contributed by atoms with Gasteiger partial charge in [-0.2, -0.15) is 0 Å². The van der Waals surface area contributed by atoms with E-state index in [0.717, 1.165) is 25.8 Å². The number of hydrogen-bond acceptors (Lipinski definition) is 2. The topological polar surface area (TPSA) is 20.3 Å². The maximum absolute atomic E-state index is 11.7. The summed E-state index contributed by atoms with van der Waals surface area (Å²) in [7, 11) is 0. The number of hydrogen-bond donors (Lipinski definition) is 0. The second kappa shape index (κ2) is 4.87. The van der Waals surface area contributed by atoms with Crippen LogP contribution in [0.15, 0.2) is 47.7 Å². The number of carbonyl (C=O) groups excluding carboxylic acids is 1. The monoisotopic (exact) mass is 279 g/mol. The third-order valence-electron chi connectivity index (χ3n) is 5.18. The lowest BCUT2D eigenvalue weighted by Crippen LogP contribution is -2.26. The van der Waals surface area contributed by atoms with E-state index in [0.29, 0.717) is 17.6 Å². The number of benzene rings is 1. The molecule has 0 radical (unpaired) electrons. The molecule has 0 saturated heterocycles.